The molecule has 0 aromatic rings. The Morgan fingerprint density at radius 2 is 1.42 bits per heavy atom. The van der Waals surface area contributed by atoms with Gasteiger partial charge in [-0.1, -0.05) is 40.0 Å². The van der Waals surface area contributed by atoms with Crippen molar-refractivity contribution in [2.45, 2.75) is 71.9 Å². The van der Waals surface area contributed by atoms with Crippen LogP contribution in [-0.2, 0) is 18.1 Å². The Morgan fingerprint density at radius 3 is 1.79 bits per heavy atom. The number of aliphatic hydroxyl groups is 2. The van der Waals surface area contributed by atoms with Crippen LogP contribution >= 0.6 is 7.82 Å². The van der Waals surface area contributed by atoms with Crippen LogP contribution in [0.1, 0.15) is 59.3 Å². The van der Waals surface area contributed by atoms with E-state index >= 15 is 0 Å². The molecule has 0 saturated carbocycles. The zero-order chi connectivity index (χ0) is 14.7. The third-order valence-corrected chi connectivity index (χ3v) is 3.82. The molecule has 0 aliphatic rings. The molecule has 0 fully saturated rings. The molecule has 0 rings (SSSR count). The van der Waals surface area contributed by atoms with E-state index < -0.39 is 20.4 Å². The minimum absolute atomic E-state index is 0.200. The summed E-state index contributed by atoms with van der Waals surface area (Å²) in [4.78, 5) is 0. The van der Waals surface area contributed by atoms with E-state index in [0.717, 1.165) is 6.42 Å². The van der Waals surface area contributed by atoms with Gasteiger partial charge < -0.3 is 10.2 Å². The molecule has 7 heteroatoms. The normalized spacial score (nSPS) is 17.9. The van der Waals surface area contributed by atoms with Gasteiger partial charge in [-0.3, -0.25) is 13.6 Å². The van der Waals surface area contributed by atoms with Gasteiger partial charge in [0.2, 0.25) is 0 Å². The van der Waals surface area contributed by atoms with E-state index in [2.05, 4.69) is 0 Å². The van der Waals surface area contributed by atoms with Crippen LogP contribution in [0.2, 0.25) is 0 Å². The molecule has 0 saturated heterocycles. The van der Waals surface area contributed by atoms with Crippen molar-refractivity contribution in [1.82, 2.24) is 0 Å². The first-order valence-electron chi connectivity index (χ1n) is 6.94. The van der Waals surface area contributed by atoms with Gasteiger partial charge in [-0.15, -0.1) is 0 Å². The van der Waals surface area contributed by atoms with E-state index in [1.54, 1.807) is 0 Å². The minimum Gasteiger partial charge on any atom is -0.367 e. The summed E-state index contributed by atoms with van der Waals surface area (Å²) >= 11 is 0. The molecule has 6 nitrogen and oxygen atoms in total. The number of aliphatic hydroxyl groups excluding tert-OH is 2. The van der Waals surface area contributed by atoms with Gasteiger partial charge in [-0.25, -0.2) is 4.57 Å². The molecule has 0 heterocycles. The average molecular weight is 298 g/mol. The molecular weight excluding hydrogens is 271 g/mol. The molecule has 0 bridgehead atoms. The highest BCUT2D eigenvalue weighted by Gasteiger charge is 2.32. The summed E-state index contributed by atoms with van der Waals surface area (Å²) in [5.74, 6) is 0. The first-order chi connectivity index (χ1) is 8.97. The van der Waals surface area contributed by atoms with Gasteiger partial charge in [0, 0.05) is 0 Å². The van der Waals surface area contributed by atoms with Crippen LogP contribution < -0.4 is 0 Å². The topological polar surface area (TPSA) is 85.2 Å². The summed E-state index contributed by atoms with van der Waals surface area (Å²) in [5.41, 5.74) is 0. The predicted molar refractivity (Wildman–Crippen MR) is 72.5 cm³/mol. The standard InChI is InChI=1S/C12H27O6P/c1-4-7-10-16-19(15,17-11(13)8-5-2)18-12(14)9-6-3/h11-14H,4-10H2,1-3H3. The molecule has 0 radical (unpaired) electrons. The summed E-state index contributed by atoms with van der Waals surface area (Å²) in [6.45, 7) is 5.89. The van der Waals surface area contributed by atoms with Gasteiger partial charge in [-0.2, -0.15) is 0 Å². The maximum atomic E-state index is 12.3. The first-order valence-corrected chi connectivity index (χ1v) is 8.41. The third-order valence-electron chi connectivity index (χ3n) is 2.32. The second-order valence-corrected chi connectivity index (χ2v) is 5.91. The summed E-state index contributed by atoms with van der Waals surface area (Å²) in [5, 5.41) is 19.1. The highest BCUT2D eigenvalue weighted by molar-refractivity contribution is 7.48. The molecule has 19 heavy (non-hydrogen) atoms. The van der Waals surface area contributed by atoms with Crippen molar-refractivity contribution in [3.8, 4) is 0 Å². The lowest BCUT2D eigenvalue weighted by molar-refractivity contribution is -0.0932. The monoisotopic (exact) mass is 298 g/mol. The van der Waals surface area contributed by atoms with Crippen LogP contribution in [0, 0.1) is 0 Å². The average Bonchev–Trinajstić information content (AvgIpc) is 2.29. The van der Waals surface area contributed by atoms with E-state index in [1.165, 1.54) is 0 Å². The summed E-state index contributed by atoms with van der Waals surface area (Å²) < 4.78 is 27.3. The fraction of sp³-hybridized carbons (Fsp3) is 1.00. The summed E-state index contributed by atoms with van der Waals surface area (Å²) in [6, 6.07) is 0. The molecule has 2 unspecified atom stereocenters. The van der Waals surface area contributed by atoms with Crippen molar-refractivity contribution in [3.05, 3.63) is 0 Å². The zero-order valence-corrected chi connectivity index (χ0v) is 13.0. The van der Waals surface area contributed by atoms with Gasteiger partial charge in [-0.05, 0) is 19.3 Å². The SMILES string of the molecule is CCCCOP(=O)(OC(O)CCC)OC(O)CCC. The van der Waals surface area contributed by atoms with Crippen molar-refractivity contribution in [1.29, 1.82) is 0 Å². The lowest BCUT2D eigenvalue weighted by Crippen LogP contribution is -2.17. The van der Waals surface area contributed by atoms with E-state index in [0.29, 0.717) is 32.1 Å². The number of phosphoric ester groups is 1. The molecule has 0 aliphatic heterocycles. The zero-order valence-electron chi connectivity index (χ0n) is 12.1. The van der Waals surface area contributed by atoms with Crippen LogP contribution in [0.4, 0.5) is 0 Å². The van der Waals surface area contributed by atoms with Crippen molar-refractivity contribution in [2.24, 2.45) is 0 Å². The summed E-state index contributed by atoms with van der Waals surface area (Å²) in [7, 11) is -3.92. The fourth-order valence-corrected chi connectivity index (χ4v) is 2.63. The molecule has 2 N–H and O–H groups in total. The second kappa shape index (κ2) is 10.8. The third kappa shape index (κ3) is 9.55. The minimum atomic E-state index is -3.92. The Bertz CT molecular complexity index is 243. The van der Waals surface area contributed by atoms with Crippen molar-refractivity contribution in [2.75, 3.05) is 6.61 Å². The Labute approximate surface area is 115 Å². The molecule has 2 atom stereocenters. The van der Waals surface area contributed by atoms with Crippen molar-refractivity contribution >= 4 is 7.82 Å². The van der Waals surface area contributed by atoms with Crippen LogP contribution in [0.5, 0.6) is 0 Å². The van der Waals surface area contributed by atoms with E-state index in [9.17, 15) is 14.8 Å². The summed E-state index contributed by atoms with van der Waals surface area (Å²) in [6.07, 6.45) is 1.14. The number of hydrogen-bond acceptors (Lipinski definition) is 6. The maximum Gasteiger partial charge on any atom is 0.479 e. The highest BCUT2D eigenvalue weighted by atomic mass is 31.2. The highest BCUT2D eigenvalue weighted by Crippen LogP contribution is 2.52. The lowest BCUT2D eigenvalue weighted by Gasteiger charge is -2.23. The van der Waals surface area contributed by atoms with Crippen LogP contribution in [0.15, 0.2) is 0 Å². The largest absolute Gasteiger partial charge is 0.479 e. The molecule has 0 amide bonds. The number of phosphoric acid groups is 1. The van der Waals surface area contributed by atoms with Crippen molar-refractivity contribution in [3.63, 3.8) is 0 Å². The second-order valence-electron chi connectivity index (χ2n) is 4.33. The Balaban J connectivity index is 4.47. The molecule has 116 valence electrons. The molecule has 0 aliphatic carbocycles. The molecular formula is C12H27O6P. The van der Waals surface area contributed by atoms with Crippen molar-refractivity contribution < 1.29 is 28.3 Å². The van der Waals surface area contributed by atoms with Gasteiger partial charge >= 0.3 is 7.82 Å². The molecule has 0 aromatic carbocycles. The van der Waals surface area contributed by atoms with Gasteiger partial charge in [0.05, 0.1) is 6.61 Å². The van der Waals surface area contributed by atoms with Crippen LogP contribution in [0.25, 0.3) is 0 Å². The van der Waals surface area contributed by atoms with E-state index in [-0.39, 0.29) is 6.61 Å². The number of rotatable bonds is 12. The number of unbranched alkanes of at least 4 members (excludes halogenated alkanes) is 1. The maximum absolute atomic E-state index is 12.3. The molecule has 0 aromatic heterocycles. The van der Waals surface area contributed by atoms with E-state index in [1.807, 2.05) is 20.8 Å². The molecule has 0 spiro atoms. The predicted octanol–water partition coefficient (Wildman–Crippen LogP) is 3.18. The van der Waals surface area contributed by atoms with Crippen LogP contribution in [-0.4, -0.2) is 29.4 Å². The lowest BCUT2D eigenvalue weighted by atomic mass is 10.3. The first kappa shape index (κ1) is 19.0. The van der Waals surface area contributed by atoms with Gasteiger partial charge in [0.15, 0.2) is 12.6 Å². The smallest absolute Gasteiger partial charge is 0.367 e. The van der Waals surface area contributed by atoms with Crippen LogP contribution in [0.3, 0.4) is 0 Å². The Hall–Kier alpha value is 0.0300. The quantitative estimate of drug-likeness (QED) is 0.327. The Kier molecular flexibility index (Phi) is 10.8. The van der Waals surface area contributed by atoms with Gasteiger partial charge in [0.25, 0.3) is 0 Å². The Morgan fingerprint density at radius 1 is 0.947 bits per heavy atom. The van der Waals surface area contributed by atoms with E-state index in [4.69, 9.17) is 13.6 Å². The fourth-order valence-electron chi connectivity index (χ4n) is 1.30. The number of hydrogen-bond donors (Lipinski definition) is 2. The van der Waals surface area contributed by atoms with Gasteiger partial charge in [0.1, 0.15) is 0 Å².